The summed E-state index contributed by atoms with van der Waals surface area (Å²) in [5.41, 5.74) is 0.676. The number of hydrogen-bond donors (Lipinski definition) is 1. The third-order valence-electron chi connectivity index (χ3n) is 3.25. The van der Waals surface area contributed by atoms with Crippen molar-refractivity contribution in [1.29, 1.82) is 0 Å². The Balaban J connectivity index is 2.23. The second kappa shape index (κ2) is 7.81. The molecule has 0 aliphatic rings. The fraction of sp³-hybridized carbons (Fsp3) is 0.125. The molecule has 0 atom stereocenters. The molecule has 0 aliphatic carbocycles. The second-order valence-electron chi connectivity index (χ2n) is 4.75. The van der Waals surface area contributed by atoms with Gasteiger partial charge in [0.15, 0.2) is 34.8 Å². The lowest BCUT2D eigenvalue weighted by molar-refractivity contribution is 0.0954. The number of carbonyl (C=O) groups excluding carboxylic acids is 1. The van der Waals surface area contributed by atoms with E-state index in [-0.39, 0.29) is 11.3 Å². The van der Waals surface area contributed by atoms with E-state index in [1.165, 1.54) is 32.4 Å². The molecule has 0 aliphatic heterocycles. The molecule has 2 rings (SSSR count). The van der Waals surface area contributed by atoms with Crippen LogP contribution in [0.4, 0.5) is 22.0 Å². The second-order valence-corrected chi connectivity index (χ2v) is 4.75. The summed E-state index contributed by atoms with van der Waals surface area (Å²) in [6.07, 6.45) is 0.314. The van der Waals surface area contributed by atoms with Gasteiger partial charge < -0.3 is 9.47 Å². The topological polar surface area (TPSA) is 59.9 Å². The number of hydrazone groups is 1. The van der Waals surface area contributed by atoms with Crippen LogP contribution in [0.15, 0.2) is 23.3 Å². The molecule has 1 N–H and O–H groups in total. The smallest absolute Gasteiger partial charge is 0.271 e. The van der Waals surface area contributed by atoms with Crippen LogP contribution >= 0.6 is 0 Å². The summed E-state index contributed by atoms with van der Waals surface area (Å²) in [5.74, 6) is -10.9. The lowest BCUT2D eigenvalue weighted by atomic mass is 10.2. The average molecular weight is 374 g/mol. The van der Waals surface area contributed by atoms with Gasteiger partial charge in [0.2, 0.25) is 5.82 Å². The van der Waals surface area contributed by atoms with Crippen LogP contribution in [0.1, 0.15) is 15.9 Å². The van der Waals surface area contributed by atoms with Crippen molar-refractivity contribution in [3.8, 4) is 11.5 Å². The van der Waals surface area contributed by atoms with Crippen LogP contribution in [0.5, 0.6) is 11.5 Å². The molecule has 0 saturated carbocycles. The number of rotatable bonds is 5. The van der Waals surface area contributed by atoms with Gasteiger partial charge in [0, 0.05) is 5.56 Å². The minimum Gasteiger partial charge on any atom is -0.493 e. The molecule has 5 nitrogen and oxygen atoms in total. The zero-order valence-corrected chi connectivity index (χ0v) is 13.4. The lowest BCUT2D eigenvalue weighted by Gasteiger charge is -2.08. The first-order valence-corrected chi connectivity index (χ1v) is 6.88. The van der Waals surface area contributed by atoms with Crippen molar-refractivity contribution in [2.45, 2.75) is 0 Å². The van der Waals surface area contributed by atoms with E-state index in [0.29, 0.717) is 12.0 Å². The summed E-state index contributed by atoms with van der Waals surface area (Å²) >= 11 is 0. The molecule has 0 bridgehead atoms. The van der Waals surface area contributed by atoms with Crippen LogP contribution in [0.2, 0.25) is 0 Å². The SMILES string of the molecule is COc1ccc(C(=O)NN=Cc2c(F)c(F)c(F)c(F)c2F)cc1OC. The number of halogens is 5. The molecule has 1 amide bonds. The maximum absolute atomic E-state index is 13.5. The molecule has 0 radical (unpaired) electrons. The van der Waals surface area contributed by atoms with Crippen molar-refractivity contribution in [2.75, 3.05) is 14.2 Å². The molecular weight excluding hydrogens is 363 g/mol. The highest BCUT2D eigenvalue weighted by atomic mass is 19.2. The summed E-state index contributed by atoms with van der Waals surface area (Å²) in [6.45, 7) is 0. The summed E-state index contributed by atoms with van der Waals surface area (Å²) in [5, 5.41) is 3.22. The number of amides is 1. The molecule has 0 saturated heterocycles. The number of nitrogens with zero attached hydrogens (tertiary/aromatic N) is 1. The van der Waals surface area contributed by atoms with E-state index in [4.69, 9.17) is 9.47 Å². The first-order valence-electron chi connectivity index (χ1n) is 6.88. The number of hydrogen-bond acceptors (Lipinski definition) is 4. The third-order valence-corrected chi connectivity index (χ3v) is 3.25. The maximum Gasteiger partial charge on any atom is 0.271 e. The Labute approximate surface area is 144 Å². The number of methoxy groups -OCH3 is 2. The van der Waals surface area contributed by atoms with E-state index in [1.54, 1.807) is 0 Å². The van der Waals surface area contributed by atoms with Gasteiger partial charge in [0.1, 0.15) is 0 Å². The van der Waals surface area contributed by atoms with E-state index in [9.17, 15) is 26.7 Å². The maximum atomic E-state index is 13.5. The Morgan fingerprint density at radius 2 is 1.46 bits per heavy atom. The van der Waals surface area contributed by atoms with Gasteiger partial charge in [-0.05, 0) is 18.2 Å². The van der Waals surface area contributed by atoms with E-state index in [1.807, 2.05) is 5.43 Å². The van der Waals surface area contributed by atoms with Gasteiger partial charge in [-0.2, -0.15) is 5.10 Å². The van der Waals surface area contributed by atoms with Gasteiger partial charge in [-0.25, -0.2) is 27.4 Å². The lowest BCUT2D eigenvalue weighted by Crippen LogP contribution is -2.18. The molecule has 10 heteroatoms. The number of benzene rings is 2. The van der Waals surface area contributed by atoms with Crippen molar-refractivity contribution < 1.29 is 36.2 Å². The van der Waals surface area contributed by atoms with Crippen LogP contribution in [-0.4, -0.2) is 26.3 Å². The van der Waals surface area contributed by atoms with Crippen LogP contribution in [-0.2, 0) is 0 Å². The van der Waals surface area contributed by atoms with Gasteiger partial charge in [-0.1, -0.05) is 0 Å². The predicted octanol–water partition coefficient (Wildman–Crippen LogP) is 3.16. The number of nitrogens with one attached hydrogen (secondary N) is 1. The Kier molecular flexibility index (Phi) is 5.75. The van der Waals surface area contributed by atoms with Crippen LogP contribution < -0.4 is 14.9 Å². The number of carbonyl (C=O) groups is 1. The van der Waals surface area contributed by atoms with Gasteiger partial charge in [-0.3, -0.25) is 4.79 Å². The Hall–Kier alpha value is -3.17. The molecular formula is C16H11F5N2O3. The van der Waals surface area contributed by atoms with E-state index in [2.05, 4.69) is 5.10 Å². The Bertz CT molecular complexity index is 858. The van der Waals surface area contributed by atoms with Gasteiger partial charge in [-0.15, -0.1) is 0 Å². The van der Waals surface area contributed by atoms with Crippen molar-refractivity contribution in [2.24, 2.45) is 5.10 Å². The first-order chi connectivity index (χ1) is 12.3. The van der Waals surface area contributed by atoms with E-state index < -0.39 is 40.6 Å². The standard InChI is InChI=1S/C16H11F5N2O3/c1-25-9-4-3-7(5-10(9)26-2)16(24)23-22-6-8-11(17)13(19)15(21)14(20)12(8)18/h3-6H,1-2H3,(H,23,24). The summed E-state index contributed by atoms with van der Waals surface area (Å²) in [4.78, 5) is 11.9. The van der Waals surface area contributed by atoms with Crippen molar-refractivity contribution in [1.82, 2.24) is 5.43 Å². The largest absolute Gasteiger partial charge is 0.493 e. The van der Waals surface area contributed by atoms with Crippen molar-refractivity contribution in [3.63, 3.8) is 0 Å². The first kappa shape index (κ1) is 19.2. The predicted molar refractivity (Wildman–Crippen MR) is 80.8 cm³/mol. The minimum atomic E-state index is -2.29. The van der Waals surface area contributed by atoms with Crippen LogP contribution in [0.3, 0.4) is 0 Å². The Morgan fingerprint density at radius 1 is 0.923 bits per heavy atom. The summed E-state index contributed by atoms with van der Waals surface area (Å²) in [6, 6.07) is 4.09. The molecule has 0 heterocycles. The molecule has 2 aromatic rings. The highest BCUT2D eigenvalue weighted by Crippen LogP contribution is 2.27. The zero-order valence-electron chi connectivity index (χ0n) is 13.4. The average Bonchev–Trinajstić information content (AvgIpc) is 2.66. The van der Waals surface area contributed by atoms with Crippen molar-refractivity contribution in [3.05, 3.63) is 58.4 Å². The minimum absolute atomic E-state index is 0.0530. The fourth-order valence-corrected chi connectivity index (χ4v) is 1.93. The molecule has 0 fully saturated rings. The molecule has 0 aromatic heterocycles. The molecule has 138 valence electrons. The molecule has 0 unspecified atom stereocenters. The van der Waals surface area contributed by atoms with Gasteiger partial charge in [0.25, 0.3) is 5.91 Å². The quantitative estimate of drug-likeness (QED) is 0.288. The highest BCUT2D eigenvalue weighted by Gasteiger charge is 2.24. The van der Waals surface area contributed by atoms with Crippen LogP contribution in [0, 0.1) is 29.1 Å². The van der Waals surface area contributed by atoms with E-state index >= 15 is 0 Å². The Morgan fingerprint density at radius 3 is 2.00 bits per heavy atom. The molecule has 26 heavy (non-hydrogen) atoms. The monoisotopic (exact) mass is 374 g/mol. The third kappa shape index (κ3) is 3.58. The molecule has 0 spiro atoms. The summed E-state index contributed by atoms with van der Waals surface area (Å²) in [7, 11) is 2.74. The number of ether oxygens (including phenoxy) is 2. The van der Waals surface area contributed by atoms with Crippen molar-refractivity contribution >= 4 is 12.1 Å². The highest BCUT2D eigenvalue weighted by molar-refractivity contribution is 5.95. The zero-order chi connectivity index (χ0) is 19.4. The fourth-order valence-electron chi connectivity index (χ4n) is 1.93. The summed E-state index contributed by atoms with van der Waals surface area (Å²) < 4.78 is 76.0. The molecule has 2 aromatic carbocycles. The van der Waals surface area contributed by atoms with Gasteiger partial charge >= 0.3 is 0 Å². The van der Waals surface area contributed by atoms with Gasteiger partial charge in [0.05, 0.1) is 26.0 Å². The van der Waals surface area contributed by atoms with Crippen LogP contribution in [0.25, 0.3) is 0 Å². The normalized spacial score (nSPS) is 10.9. The van der Waals surface area contributed by atoms with E-state index in [0.717, 1.165) is 0 Å².